The van der Waals surface area contributed by atoms with Crippen molar-refractivity contribution in [3.05, 3.63) is 212 Å². The van der Waals surface area contributed by atoms with Gasteiger partial charge >= 0.3 is 0 Å². The van der Waals surface area contributed by atoms with E-state index in [1.165, 1.54) is 27.3 Å². The first-order chi connectivity index (χ1) is 31.2. The lowest BCUT2D eigenvalue weighted by Gasteiger charge is -2.15. The highest BCUT2D eigenvalue weighted by Gasteiger charge is 2.21. The van der Waals surface area contributed by atoms with Crippen molar-refractivity contribution in [1.82, 2.24) is 24.1 Å². The number of rotatable bonds is 6. The van der Waals surface area contributed by atoms with E-state index < -0.39 is 0 Å². The third-order valence-electron chi connectivity index (χ3n) is 12.4. The fourth-order valence-corrected chi connectivity index (χ4v) is 9.48. The molecule has 13 aromatic rings. The van der Waals surface area contributed by atoms with E-state index in [0.717, 1.165) is 77.5 Å². The molecule has 0 atom stereocenters. The number of aromatic nitrogens is 5. The monoisotopic (exact) mass is 805 g/mol. The largest absolute Gasteiger partial charge is 0.456 e. The zero-order chi connectivity index (χ0) is 41.4. The molecule has 0 radical (unpaired) electrons. The zero-order valence-corrected chi connectivity index (χ0v) is 33.9. The molecule has 0 saturated carbocycles. The molecular formula is C57H35N5O. The quantitative estimate of drug-likeness (QED) is 0.168. The van der Waals surface area contributed by atoms with E-state index in [4.69, 9.17) is 19.4 Å². The molecular weight excluding hydrogens is 771 g/mol. The van der Waals surface area contributed by atoms with Gasteiger partial charge in [0.15, 0.2) is 17.5 Å². The van der Waals surface area contributed by atoms with Gasteiger partial charge in [0.2, 0.25) is 0 Å². The van der Waals surface area contributed by atoms with Crippen molar-refractivity contribution in [2.24, 2.45) is 0 Å². The molecule has 0 amide bonds. The Hall–Kier alpha value is -8.61. The van der Waals surface area contributed by atoms with Crippen molar-refractivity contribution >= 4 is 65.6 Å². The second-order valence-electron chi connectivity index (χ2n) is 16.0. The second-order valence-corrected chi connectivity index (χ2v) is 16.0. The summed E-state index contributed by atoms with van der Waals surface area (Å²) in [4.78, 5) is 15.6. The average molecular weight is 806 g/mol. The van der Waals surface area contributed by atoms with Gasteiger partial charge in [-0.1, -0.05) is 146 Å². The lowest BCUT2D eigenvalue weighted by atomic mass is 10.0. The van der Waals surface area contributed by atoms with Crippen LogP contribution in [0.15, 0.2) is 217 Å². The Balaban J connectivity index is 1.04. The Morgan fingerprint density at radius 2 is 0.841 bits per heavy atom. The van der Waals surface area contributed by atoms with Crippen molar-refractivity contribution in [1.29, 1.82) is 0 Å². The van der Waals surface area contributed by atoms with Crippen LogP contribution in [0.4, 0.5) is 0 Å². The summed E-state index contributed by atoms with van der Waals surface area (Å²) in [6, 6.07) is 74.6. The summed E-state index contributed by atoms with van der Waals surface area (Å²) >= 11 is 0. The van der Waals surface area contributed by atoms with Crippen molar-refractivity contribution < 1.29 is 4.42 Å². The number of benzene rings is 9. The lowest BCUT2D eigenvalue weighted by Crippen LogP contribution is -2.03. The smallest absolute Gasteiger partial charge is 0.166 e. The van der Waals surface area contributed by atoms with Crippen molar-refractivity contribution in [3.63, 3.8) is 0 Å². The highest BCUT2D eigenvalue weighted by molar-refractivity contribution is 6.13. The topological polar surface area (TPSA) is 61.7 Å². The van der Waals surface area contributed by atoms with Gasteiger partial charge in [0.05, 0.1) is 27.8 Å². The number of nitrogens with zero attached hydrogens (tertiary/aromatic N) is 5. The third kappa shape index (κ3) is 5.62. The van der Waals surface area contributed by atoms with Crippen LogP contribution in [0.25, 0.3) is 122 Å². The summed E-state index contributed by atoms with van der Waals surface area (Å²) in [5.41, 5.74) is 13.3. The van der Waals surface area contributed by atoms with Gasteiger partial charge in [-0.25, -0.2) is 15.0 Å². The summed E-state index contributed by atoms with van der Waals surface area (Å²) in [7, 11) is 0. The molecule has 0 saturated heterocycles. The Bertz CT molecular complexity index is 3920. The Labute approximate surface area is 361 Å². The van der Waals surface area contributed by atoms with E-state index in [1.807, 2.05) is 60.7 Å². The lowest BCUT2D eigenvalue weighted by molar-refractivity contribution is 0.669. The zero-order valence-electron chi connectivity index (χ0n) is 33.9. The van der Waals surface area contributed by atoms with E-state index in [0.29, 0.717) is 17.5 Å². The summed E-state index contributed by atoms with van der Waals surface area (Å²) in [6.07, 6.45) is 0. The number of hydrogen-bond acceptors (Lipinski definition) is 4. The Kier molecular flexibility index (Phi) is 7.80. The maximum absolute atomic E-state index is 6.20. The summed E-state index contributed by atoms with van der Waals surface area (Å²) in [6.45, 7) is 0. The Morgan fingerprint density at radius 1 is 0.302 bits per heavy atom. The molecule has 0 aliphatic heterocycles. The van der Waals surface area contributed by atoms with Crippen LogP contribution in [0.5, 0.6) is 0 Å². The van der Waals surface area contributed by atoms with E-state index in [-0.39, 0.29) is 0 Å². The number of hydrogen-bond donors (Lipinski definition) is 0. The second kappa shape index (κ2) is 14.0. The van der Waals surface area contributed by atoms with E-state index >= 15 is 0 Å². The van der Waals surface area contributed by atoms with Crippen molar-refractivity contribution in [2.75, 3.05) is 0 Å². The summed E-state index contributed by atoms with van der Waals surface area (Å²) in [5.74, 6) is 1.78. The van der Waals surface area contributed by atoms with E-state index in [9.17, 15) is 0 Å². The predicted octanol–water partition coefficient (Wildman–Crippen LogP) is 14.6. The number of para-hydroxylation sites is 4. The molecule has 0 aliphatic carbocycles. The average Bonchev–Trinajstić information content (AvgIpc) is 4.01. The molecule has 0 spiro atoms. The molecule has 0 unspecified atom stereocenters. The first-order valence-electron chi connectivity index (χ1n) is 21.2. The van der Waals surface area contributed by atoms with Gasteiger partial charge < -0.3 is 13.6 Å². The Morgan fingerprint density at radius 3 is 1.62 bits per heavy atom. The molecule has 0 bridgehead atoms. The molecule has 0 aliphatic rings. The third-order valence-corrected chi connectivity index (χ3v) is 12.4. The summed E-state index contributed by atoms with van der Waals surface area (Å²) in [5, 5.41) is 6.85. The molecule has 9 aromatic carbocycles. The van der Waals surface area contributed by atoms with Gasteiger partial charge in [0.1, 0.15) is 11.2 Å². The van der Waals surface area contributed by atoms with Crippen LogP contribution in [0.3, 0.4) is 0 Å². The van der Waals surface area contributed by atoms with Crippen LogP contribution in [0.1, 0.15) is 0 Å². The normalized spacial score (nSPS) is 11.8. The molecule has 6 nitrogen and oxygen atoms in total. The van der Waals surface area contributed by atoms with E-state index in [2.05, 4.69) is 161 Å². The maximum atomic E-state index is 6.20. The molecule has 13 rings (SSSR count). The van der Waals surface area contributed by atoms with Crippen LogP contribution in [0, 0.1) is 0 Å². The van der Waals surface area contributed by atoms with Crippen molar-refractivity contribution in [3.8, 4) is 56.7 Å². The van der Waals surface area contributed by atoms with Crippen LogP contribution in [-0.2, 0) is 0 Å². The minimum atomic E-state index is 0.588. The minimum absolute atomic E-state index is 0.588. The molecule has 63 heavy (non-hydrogen) atoms. The van der Waals surface area contributed by atoms with Crippen LogP contribution < -0.4 is 0 Å². The van der Waals surface area contributed by atoms with Gasteiger partial charge in [-0.3, -0.25) is 0 Å². The van der Waals surface area contributed by atoms with Crippen molar-refractivity contribution in [2.45, 2.75) is 0 Å². The standard InChI is InChI=1S/C57H35N5O/c1-3-15-36(16-4-1)38-27-30-43-41-19-7-11-23-48(41)61(51(43)34-38)40-29-31-44-42-20-8-12-24-49(42)62(52(44)35-40)50-25-13-9-22-46(50)57-59-55(37-17-5-2-6-18-37)58-56(60-57)39-28-32-54-47(33-39)45-21-10-14-26-53(45)63-54/h1-35H. The fourth-order valence-electron chi connectivity index (χ4n) is 9.48. The van der Waals surface area contributed by atoms with Gasteiger partial charge in [0, 0.05) is 54.7 Å². The number of furan rings is 1. The van der Waals surface area contributed by atoms with Crippen LogP contribution in [0.2, 0.25) is 0 Å². The first-order valence-corrected chi connectivity index (χ1v) is 21.2. The summed E-state index contributed by atoms with van der Waals surface area (Å²) < 4.78 is 11.0. The first kappa shape index (κ1) is 35.2. The van der Waals surface area contributed by atoms with Crippen LogP contribution >= 0.6 is 0 Å². The van der Waals surface area contributed by atoms with Gasteiger partial charge in [-0.05, 0) is 77.9 Å². The maximum Gasteiger partial charge on any atom is 0.166 e. The predicted molar refractivity (Wildman–Crippen MR) is 258 cm³/mol. The SMILES string of the molecule is c1ccc(-c2ccc3c4ccccc4n(-c4ccc5c6ccccc6n(-c6ccccc6-c6nc(-c7ccccc7)nc(-c7ccc8oc9ccccc9c8c7)n6)c5c4)c3c2)cc1. The fraction of sp³-hybridized carbons (Fsp3) is 0. The molecule has 294 valence electrons. The molecule has 4 heterocycles. The molecule has 4 aromatic heterocycles. The van der Waals surface area contributed by atoms with Crippen LogP contribution in [-0.4, -0.2) is 24.1 Å². The van der Waals surface area contributed by atoms with Gasteiger partial charge in [-0.2, -0.15) is 0 Å². The highest BCUT2D eigenvalue weighted by atomic mass is 16.3. The molecule has 0 fully saturated rings. The molecule has 6 heteroatoms. The minimum Gasteiger partial charge on any atom is -0.456 e. The van der Waals surface area contributed by atoms with Gasteiger partial charge in [0.25, 0.3) is 0 Å². The van der Waals surface area contributed by atoms with E-state index in [1.54, 1.807) is 0 Å². The number of fused-ring (bicyclic) bond motifs is 9. The molecule has 0 N–H and O–H groups in total. The van der Waals surface area contributed by atoms with Gasteiger partial charge in [-0.15, -0.1) is 0 Å². The highest BCUT2D eigenvalue weighted by Crippen LogP contribution is 2.40.